The fourth-order valence-corrected chi connectivity index (χ4v) is 2.84. The fourth-order valence-electron chi connectivity index (χ4n) is 2.19. The molecule has 0 aliphatic rings. The van der Waals surface area contributed by atoms with Crippen molar-refractivity contribution in [1.29, 1.82) is 0 Å². The lowest BCUT2D eigenvalue weighted by Crippen LogP contribution is -1.97. The van der Waals surface area contributed by atoms with E-state index in [2.05, 4.69) is 58.2 Å². The maximum atomic E-state index is 4.48. The Morgan fingerprint density at radius 1 is 1.04 bits per heavy atom. The van der Waals surface area contributed by atoms with Crippen LogP contribution in [0.5, 0.6) is 0 Å². The fraction of sp³-hybridized carbons (Fsp3) is 0.105. The van der Waals surface area contributed by atoms with Gasteiger partial charge in [-0.15, -0.1) is 23.7 Å². The van der Waals surface area contributed by atoms with Crippen LogP contribution in [0.25, 0.3) is 12.2 Å². The lowest BCUT2D eigenvalue weighted by molar-refractivity contribution is 1.18. The van der Waals surface area contributed by atoms with E-state index in [1.54, 1.807) is 11.3 Å². The van der Waals surface area contributed by atoms with Crippen LogP contribution in [0.3, 0.4) is 0 Å². The highest BCUT2D eigenvalue weighted by Crippen LogP contribution is 2.16. The Hall–Kier alpha value is -2.10. The van der Waals surface area contributed by atoms with Gasteiger partial charge in [0.05, 0.1) is 5.69 Å². The molecular weight excluding hydrogens is 324 g/mol. The molecule has 0 radical (unpaired) electrons. The Balaban J connectivity index is 0.00000192. The van der Waals surface area contributed by atoms with E-state index in [1.165, 1.54) is 10.4 Å². The first-order valence-electron chi connectivity index (χ1n) is 7.28. The third kappa shape index (κ3) is 5.23. The first-order chi connectivity index (χ1) is 10.8. The molecule has 0 spiro atoms. The lowest BCUT2D eigenvalue weighted by atomic mass is 10.1. The average molecular weight is 343 g/mol. The van der Waals surface area contributed by atoms with E-state index < -0.39 is 0 Å². The first-order valence-corrected chi connectivity index (χ1v) is 8.16. The Morgan fingerprint density at radius 3 is 2.70 bits per heavy atom. The standard InChI is InChI=1S/C19H18N2S.ClH/c1-15-5-2-7-17(21-15)11-10-16-6-3-8-18(13-16)20-14-19-9-4-12-22-19;/h2-13,20H,14H2,1H3;1H. The maximum absolute atomic E-state index is 4.48. The number of pyridine rings is 1. The third-order valence-corrected chi connectivity index (χ3v) is 4.17. The number of halogens is 1. The summed E-state index contributed by atoms with van der Waals surface area (Å²) < 4.78 is 0. The molecule has 0 fully saturated rings. The quantitative estimate of drug-likeness (QED) is 0.647. The number of benzene rings is 1. The number of hydrogen-bond donors (Lipinski definition) is 1. The van der Waals surface area contributed by atoms with Crippen molar-refractivity contribution in [2.75, 3.05) is 5.32 Å². The maximum Gasteiger partial charge on any atom is 0.0633 e. The topological polar surface area (TPSA) is 24.9 Å². The summed E-state index contributed by atoms with van der Waals surface area (Å²) >= 11 is 1.77. The number of hydrogen-bond acceptors (Lipinski definition) is 3. The van der Waals surface area contributed by atoms with Crippen LogP contribution in [-0.2, 0) is 6.54 Å². The Morgan fingerprint density at radius 2 is 1.91 bits per heavy atom. The minimum Gasteiger partial charge on any atom is -0.380 e. The molecule has 0 saturated heterocycles. The van der Waals surface area contributed by atoms with Gasteiger partial charge in [0.1, 0.15) is 0 Å². The second-order valence-electron chi connectivity index (χ2n) is 5.10. The summed E-state index contributed by atoms with van der Waals surface area (Å²) in [6, 6.07) is 18.7. The molecule has 23 heavy (non-hydrogen) atoms. The third-order valence-electron chi connectivity index (χ3n) is 3.29. The number of rotatable bonds is 5. The number of nitrogens with zero attached hydrogens (tertiary/aromatic N) is 1. The van der Waals surface area contributed by atoms with E-state index in [-0.39, 0.29) is 12.4 Å². The van der Waals surface area contributed by atoms with Gasteiger partial charge in [0, 0.05) is 22.8 Å². The van der Waals surface area contributed by atoms with Crippen LogP contribution in [0.1, 0.15) is 21.8 Å². The van der Waals surface area contributed by atoms with Crippen LogP contribution >= 0.6 is 23.7 Å². The smallest absolute Gasteiger partial charge is 0.0633 e. The summed E-state index contributed by atoms with van der Waals surface area (Å²) in [6.45, 7) is 2.87. The Bertz CT molecular complexity index is 767. The molecule has 0 aliphatic carbocycles. The number of nitrogens with one attached hydrogen (secondary N) is 1. The van der Waals surface area contributed by atoms with E-state index in [0.29, 0.717) is 0 Å². The van der Waals surface area contributed by atoms with Gasteiger partial charge in [-0.2, -0.15) is 0 Å². The van der Waals surface area contributed by atoms with Gasteiger partial charge >= 0.3 is 0 Å². The second-order valence-corrected chi connectivity index (χ2v) is 6.13. The lowest BCUT2D eigenvalue weighted by Gasteiger charge is -2.05. The number of anilines is 1. The molecule has 2 nitrogen and oxygen atoms in total. The molecule has 2 heterocycles. The van der Waals surface area contributed by atoms with E-state index in [1.807, 2.05) is 31.2 Å². The molecule has 0 atom stereocenters. The monoisotopic (exact) mass is 342 g/mol. The Labute approximate surface area is 147 Å². The van der Waals surface area contributed by atoms with Crippen LogP contribution in [0.15, 0.2) is 60.0 Å². The molecule has 3 aromatic rings. The normalized spacial score (nSPS) is 10.5. The molecule has 0 amide bonds. The molecule has 0 unspecified atom stereocenters. The molecule has 2 aromatic heterocycles. The molecule has 4 heteroatoms. The van der Waals surface area contributed by atoms with Crippen molar-refractivity contribution in [3.8, 4) is 0 Å². The summed E-state index contributed by atoms with van der Waals surface area (Å²) in [6.07, 6.45) is 4.14. The summed E-state index contributed by atoms with van der Waals surface area (Å²) in [4.78, 5) is 5.82. The van der Waals surface area contributed by atoms with Gasteiger partial charge in [0.15, 0.2) is 0 Å². The van der Waals surface area contributed by atoms with Crippen LogP contribution in [0.2, 0.25) is 0 Å². The van der Waals surface area contributed by atoms with Crippen molar-refractivity contribution >= 4 is 41.6 Å². The van der Waals surface area contributed by atoms with Crippen LogP contribution in [0, 0.1) is 6.92 Å². The molecule has 1 N–H and O–H groups in total. The van der Waals surface area contributed by atoms with E-state index in [9.17, 15) is 0 Å². The first kappa shape index (κ1) is 17.3. The summed E-state index contributed by atoms with van der Waals surface area (Å²) in [5, 5.41) is 5.56. The predicted molar refractivity (Wildman–Crippen MR) is 103 cm³/mol. The van der Waals surface area contributed by atoms with Crippen molar-refractivity contribution < 1.29 is 0 Å². The molecule has 118 valence electrons. The number of aromatic nitrogens is 1. The summed E-state index contributed by atoms with van der Waals surface area (Å²) in [5.41, 5.74) is 4.32. The molecule has 0 aliphatic heterocycles. The van der Waals surface area contributed by atoms with Crippen molar-refractivity contribution in [2.45, 2.75) is 13.5 Å². The minimum atomic E-state index is 0. The van der Waals surface area contributed by atoms with Crippen LogP contribution < -0.4 is 5.32 Å². The van der Waals surface area contributed by atoms with Gasteiger partial charge < -0.3 is 5.32 Å². The molecular formula is C19H19ClN2S. The van der Waals surface area contributed by atoms with Crippen molar-refractivity contribution in [1.82, 2.24) is 4.98 Å². The van der Waals surface area contributed by atoms with Crippen LogP contribution in [0.4, 0.5) is 5.69 Å². The van der Waals surface area contributed by atoms with E-state index in [4.69, 9.17) is 0 Å². The Kier molecular flexibility index (Phi) is 6.39. The predicted octanol–water partition coefficient (Wildman–Crippen LogP) is 5.66. The molecule has 0 saturated carbocycles. The second kappa shape index (κ2) is 8.51. The number of thiophene rings is 1. The highest BCUT2D eigenvalue weighted by Gasteiger charge is 1.96. The van der Waals surface area contributed by atoms with Gasteiger partial charge in [-0.1, -0.05) is 30.3 Å². The molecule has 0 bridgehead atoms. The zero-order chi connectivity index (χ0) is 15.2. The van der Waals surface area contributed by atoms with Crippen molar-refractivity contribution in [3.63, 3.8) is 0 Å². The van der Waals surface area contributed by atoms with E-state index in [0.717, 1.165) is 23.6 Å². The van der Waals surface area contributed by atoms with Gasteiger partial charge in [0.2, 0.25) is 0 Å². The van der Waals surface area contributed by atoms with Crippen molar-refractivity contribution in [3.05, 3.63) is 81.8 Å². The molecule has 1 aromatic carbocycles. The van der Waals surface area contributed by atoms with Gasteiger partial charge in [-0.3, -0.25) is 4.98 Å². The molecule has 3 rings (SSSR count). The van der Waals surface area contributed by atoms with Crippen LogP contribution in [-0.4, -0.2) is 4.98 Å². The summed E-state index contributed by atoms with van der Waals surface area (Å²) in [5.74, 6) is 0. The van der Waals surface area contributed by atoms with Gasteiger partial charge in [0.25, 0.3) is 0 Å². The largest absolute Gasteiger partial charge is 0.380 e. The zero-order valence-corrected chi connectivity index (χ0v) is 14.5. The highest BCUT2D eigenvalue weighted by atomic mass is 35.5. The summed E-state index contributed by atoms with van der Waals surface area (Å²) in [7, 11) is 0. The van der Waals surface area contributed by atoms with Gasteiger partial charge in [-0.05, 0) is 54.3 Å². The SMILES string of the molecule is Cc1cccc(C=Cc2cccc(NCc3cccs3)c2)n1.Cl. The number of aryl methyl sites for hydroxylation is 1. The zero-order valence-electron chi connectivity index (χ0n) is 12.9. The minimum absolute atomic E-state index is 0. The van der Waals surface area contributed by atoms with Crippen molar-refractivity contribution in [2.24, 2.45) is 0 Å². The highest BCUT2D eigenvalue weighted by molar-refractivity contribution is 7.09. The van der Waals surface area contributed by atoms with E-state index >= 15 is 0 Å². The van der Waals surface area contributed by atoms with Gasteiger partial charge in [-0.25, -0.2) is 0 Å². The average Bonchev–Trinajstić information content (AvgIpc) is 3.05.